The second-order valence-electron chi connectivity index (χ2n) is 5.00. The third kappa shape index (κ3) is 3.94. The highest BCUT2D eigenvalue weighted by Crippen LogP contribution is 2.28. The third-order valence-electron chi connectivity index (χ3n) is 3.48. The Morgan fingerprint density at radius 3 is 2.74 bits per heavy atom. The van der Waals surface area contributed by atoms with E-state index in [1.807, 2.05) is 12.1 Å². The van der Waals surface area contributed by atoms with Crippen LogP contribution >= 0.6 is 0 Å². The molecule has 0 fully saturated rings. The summed E-state index contributed by atoms with van der Waals surface area (Å²) in [5, 5.41) is 8.70. The zero-order valence-electron chi connectivity index (χ0n) is 11.1. The summed E-state index contributed by atoms with van der Waals surface area (Å²) in [5.41, 5.74) is 3.16. The van der Waals surface area contributed by atoms with Crippen molar-refractivity contribution in [2.24, 2.45) is 0 Å². The van der Waals surface area contributed by atoms with Gasteiger partial charge in [-0.25, -0.2) is 8.42 Å². The standard InChI is InChI=1S/C14H21NO3S/c16-10-3-4-11-19(17,18)15-14-9-5-7-12-6-1-2-8-13(12)14/h5,7,9,15-16H,1-4,6,8,10-11H2. The zero-order chi connectivity index (χ0) is 13.7. The number of benzene rings is 1. The van der Waals surface area contributed by atoms with Gasteiger partial charge in [-0.05, 0) is 55.7 Å². The molecule has 0 unspecified atom stereocenters. The monoisotopic (exact) mass is 283 g/mol. The van der Waals surface area contributed by atoms with E-state index < -0.39 is 10.0 Å². The van der Waals surface area contributed by atoms with Crippen LogP contribution in [-0.2, 0) is 22.9 Å². The summed E-state index contributed by atoms with van der Waals surface area (Å²) in [6.07, 6.45) is 5.30. The van der Waals surface area contributed by atoms with Gasteiger partial charge in [0.2, 0.25) is 10.0 Å². The number of aliphatic hydroxyl groups excluding tert-OH is 1. The predicted molar refractivity (Wildman–Crippen MR) is 76.8 cm³/mol. The van der Waals surface area contributed by atoms with E-state index in [4.69, 9.17) is 5.11 Å². The Hall–Kier alpha value is -1.07. The first-order chi connectivity index (χ1) is 9.12. The predicted octanol–water partition coefficient (Wildman–Crippen LogP) is 2.08. The maximum atomic E-state index is 12.0. The van der Waals surface area contributed by atoms with Gasteiger partial charge >= 0.3 is 0 Å². The Bertz CT molecular complexity index is 525. The molecular formula is C14H21NO3S. The van der Waals surface area contributed by atoms with E-state index in [0.29, 0.717) is 12.8 Å². The number of nitrogens with one attached hydrogen (secondary N) is 1. The van der Waals surface area contributed by atoms with Crippen LogP contribution in [0.25, 0.3) is 0 Å². The van der Waals surface area contributed by atoms with Crippen LogP contribution in [-0.4, -0.2) is 25.9 Å². The fourth-order valence-corrected chi connectivity index (χ4v) is 3.71. The molecule has 0 bridgehead atoms. The summed E-state index contributed by atoms with van der Waals surface area (Å²) < 4.78 is 26.6. The Kier molecular flexibility index (Phi) is 4.82. The number of fused-ring (bicyclic) bond motifs is 1. The van der Waals surface area contributed by atoms with Gasteiger partial charge in [0, 0.05) is 6.61 Å². The highest BCUT2D eigenvalue weighted by molar-refractivity contribution is 7.92. The molecule has 0 amide bonds. The first-order valence-corrected chi connectivity index (χ1v) is 8.50. The first-order valence-electron chi connectivity index (χ1n) is 6.84. The third-order valence-corrected chi connectivity index (χ3v) is 4.84. The quantitative estimate of drug-likeness (QED) is 0.786. The SMILES string of the molecule is O=S(=O)(CCCCO)Nc1cccc2c1CCCC2. The molecular weight excluding hydrogens is 262 g/mol. The molecule has 0 saturated heterocycles. The maximum absolute atomic E-state index is 12.0. The van der Waals surface area contributed by atoms with Crippen molar-refractivity contribution >= 4 is 15.7 Å². The largest absolute Gasteiger partial charge is 0.396 e. The van der Waals surface area contributed by atoms with Crippen molar-refractivity contribution in [2.45, 2.75) is 38.5 Å². The second kappa shape index (κ2) is 6.39. The first kappa shape index (κ1) is 14.3. The summed E-state index contributed by atoms with van der Waals surface area (Å²) in [5.74, 6) is 0.0667. The van der Waals surface area contributed by atoms with Crippen molar-refractivity contribution in [3.05, 3.63) is 29.3 Å². The Morgan fingerprint density at radius 2 is 1.95 bits per heavy atom. The number of hydrogen-bond donors (Lipinski definition) is 2. The minimum Gasteiger partial charge on any atom is -0.396 e. The minimum absolute atomic E-state index is 0.0380. The van der Waals surface area contributed by atoms with E-state index >= 15 is 0 Å². The molecule has 0 saturated carbocycles. The van der Waals surface area contributed by atoms with E-state index in [1.165, 1.54) is 12.0 Å². The molecule has 0 aliphatic heterocycles. The number of sulfonamides is 1. The molecule has 1 aliphatic rings. The molecule has 5 heteroatoms. The lowest BCUT2D eigenvalue weighted by atomic mass is 9.91. The maximum Gasteiger partial charge on any atom is 0.232 e. The van der Waals surface area contributed by atoms with Crippen LogP contribution < -0.4 is 4.72 Å². The molecule has 0 aromatic heterocycles. The van der Waals surface area contributed by atoms with Crippen molar-refractivity contribution in [1.82, 2.24) is 0 Å². The Labute approximate surface area is 114 Å². The van der Waals surface area contributed by atoms with Gasteiger partial charge in [0.05, 0.1) is 11.4 Å². The van der Waals surface area contributed by atoms with Crippen molar-refractivity contribution in [3.63, 3.8) is 0 Å². The van der Waals surface area contributed by atoms with Crippen molar-refractivity contribution < 1.29 is 13.5 Å². The summed E-state index contributed by atoms with van der Waals surface area (Å²) >= 11 is 0. The summed E-state index contributed by atoms with van der Waals surface area (Å²) in [7, 11) is -3.30. The second-order valence-corrected chi connectivity index (χ2v) is 6.84. The molecule has 4 nitrogen and oxygen atoms in total. The van der Waals surface area contributed by atoms with E-state index in [2.05, 4.69) is 10.8 Å². The Balaban J connectivity index is 2.10. The average Bonchev–Trinajstić information content (AvgIpc) is 2.39. The van der Waals surface area contributed by atoms with Crippen LogP contribution in [0.5, 0.6) is 0 Å². The van der Waals surface area contributed by atoms with Crippen molar-refractivity contribution in [1.29, 1.82) is 0 Å². The zero-order valence-corrected chi connectivity index (χ0v) is 11.9. The molecule has 0 atom stereocenters. The number of aryl methyl sites for hydroxylation is 1. The molecule has 0 radical (unpaired) electrons. The average molecular weight is 283 g/mol. The number of rotatable bonds is 6. The van der Waals surface area contributed by atoms with Gasteiger partial charge < -0.3 is 5.11 Å². The highest BCUT2D eigenvalue weighted by atomic mass is 32.2. The molecule has 19 heavy (non-hydrogen) atoms. The topological polar surface area (TPSA) is 66.4 Å². The summed E-state index contributed by atoms with van der Waals surface area (Å²) in [6, 6.07) is 5.83. The van der Waals surface area contributed by atoms with Crippen LogP contribution in [0.2, 0.25) is 0 Å². The molecule has 106 valence electrons. The van der Waals surface area contributed by atoms with Gasteiger partial charge in [0.1, 0.15) is 0 Å². The normalized spacial score (nSPS) is 15.0. The molecule has 2 rings (SSSR count). The van der Waals surface area contributed by atoms with Gasteiger partial charge in [-0.15, -0.1) is 0 Å². The summed E-state index contributed by atoms with van der Waals surface area (Å²) in [4.78, 5) is 0. The smallest absolute Gasteiger partial charge is 0.232 e. The number of hydrogen-bond acceptors (Lipinski definition) is 3. The lowest BCUT2D eigenvalue weighted by Gasteiger charge is -2.20. The van der Waals surface area contributed by atoms with Crippen LogP contribution in [0.1, 0.15) is 36.8 Å². The molecule has 2 N–H and O–H groups in total. The van der Waals surface area contributed by atoms with Crippen LogP contribution in [0.4, 0.5) is 5.69 Å². The fourth-order valence-electron chi connectivity index (χ4n) is 2.50. The molecule has 1 aromatic rings. The van der Waals surface area contributed by atoms with Crippen molar-refractivity contribution in [2.75, 3.05) is 17.1 Å². The molecule has 0 spiro atoms. The summed E-state index contributed by atoms with van der Waals surface area (Å²) in [6.45, 7) is 0.0380. The van der Waals surface area contributed by atoms with E-state index in [1.54, 1.807) is 0 Å². The van der Waals surface area contributed by atoms with Gasteiger partial charge in [-0.3, -0.25) is 4.72 Å². The van der Waals surface area contributed by atoms with Gasteiger partial charge in [-0.2, -0.15) is 0 Å². The lowest BCUT2D eigenvalue weighted by Crippen LogP contribution is -2.19. The van der Waals surface area contributed by atoms with E-state index in [9.17, 15) is 8.42 Å². The van der Waals surface area contributed by atoms with Crippen LogP contribution in [0.3, 0.4) is 0 Å². The minimum atomic E-state index is -3.30. The molecule has 1 aliphatic carbocycles. The Morgan fingerprint density at radius 1 is 1.16 bits per heavy atom. The number of aliphatic hydroxyl groups is 1. The van der Waals surface area contributed by atoms with Gasteiger partial charge in [-0.1, -0.05) is 12.1 Å². The number of anilines is 1. The van der Waals surface area contributed by atoms with Crippen LogP contribution in [0, 0.1) is 0 Å². The van der Waals surface area contributed by atoms with Crippen molar-refractivity contribution in [3.8, 4) is 0 Å². The van der Waals surface area contributed by atoms with Gasteiger partial charge in [0.15, 0.2) is 0 Å². The fraction of sp³-hybridized carbons (Fsp3) is 0.571. The lowest BCUT2D eigenvalue weighted by molar-refractivity contribution is 0.287. The molecule has 0 heterocycles. The van der Waals surface area contributed by atoms with E-state index in [0.717, 1.165) is 30.5 Å². The highest BCUT2D eigenvalue weighted by Gasteiger charge is 2.16. The van der Waals surface area contributed by atoms with Crippen LogP contribution in [0.15, 0.2) is 18.2 Å². The number of unbranched alkanes of at least 4 members (excludes halogenated alkanes) is 1. The van der Waals surface area contributed by atoms with Gasteiger partial charge in [0.25, 0.3) is 0 Å². The van der Waals surface area contributed by atoms with E-state index in [-0.39, 0.29) is 12.4 Å². The molecule has 1 aromatic carbocycles.